The molecule has 1 aliphatic rings. The molecule has 0 radical (unpaired) electrons. The molecule has 1 heterocycles. The van der Waals surface area contributed by atoms with Crippen molar-refractivity contribution in [1.82, 2.24) is 5.32 Å². The van der Waals surface area contributed by atoms with Gasteiger partial charge in [0.2, 0.25) is 0 Å². The van der Waals surface area contributed by atoms with Gasteiger partial charge in [0.1, 0.15) is 5.75 Å². The lowest BCUT2D eigenvalue weighted by Crippen LogP contribution is -2.12. The number of thioether (sulfide) groups is 1. The second-order valence-electron chi connectivity index (χ2n) is 4.99. The third kappa shape index (κ3) is 2.84. The fourth-order valence-corrected chi connectivity index (χ4v) is 3.77. The first kappa shape index (κ1) is 13.5. The van der Waals surface area contributed by atoms with Gasteiger partial charge < -0.3 is 10.1 Å². The van der Waals surface area contributed by atoms with E-state index in [9.17, 15) is 0 Å². The standard InChI is InChI=1S/C17H19NOS/c1-18-10-13-6-2-4-8-16(13)19-11-14-12-20-17-9-5-3-7-15(14)17/h2-9,14,18H,10-12H2,1H3. The van der Waals surface area contributed by atoms with Crippen molar-refractivity contribution in [2.75, 3.05) is 19.4 Å². The van der Waals surface area contributed by atoms with Gasteiger partial charge in [-0.3, -0.25) is 0 Å². The molecule has 0 aromatic heterocycles. The fraction of sp³-hybridized carbons (Fsp3) is 0.294. The number of benzene rings is 2. The maximum absolute atomic E-state index is 6.08. The molecule has 2 aromatic rings. The molecule has 3 heteroatoms. The Balaban J connectivity index is 1.69. The van der Waals surface area contributed by atoms with Crippen LogP contribution in [0.2, 0.25) is 0 Å². The summed E-state index contributed by atoms with van der Waals surface area (Å²) in [5.74, 6) is 2.61. The zero-order valence-corrected chi connectivity index (χ0v) is 12.5. The van der Waals surface area contributed by atoms with Gasteiger partial charge in [-0.25, -0.2) is 0 Å². The van der Waals surface area contributed by atoms with E-state index in [-0.39, 0.29) is 0 Å². The van der Waals surface area contributed by atoms with Crippen molar-refractivity contribution in [2.24, 2.45) is 0 Å². The van der Waals surface area contributed by atoms with Gasteiger partial charge in [-0.15, -0.1) is 11.8 Å². The predicted molar refractivity (Wildman–Crippen MR) is 84.6 cm³/mol. The molecular weight excluding hydrogens is 266 g/mol. The van der Waals surface area contributed by atoms with E-state index in [1.165, 1.54) is 16.0 Å². The minimum Gasteiger partial charge on any atom is -0.493 e. The van der Waals surface area contributed by atoms with Crippen LogP contribution in [0.3, 0.4) is 0 Å². The smallest absolute Gasteiger partial charge is 0.123 e. The molecule has 1 unspecified atom stereocenters. The van der Waals surface area contributed by atoms with E-state index in [1.54, 1.807) is 0 Å². The zero-order chi connectivity index (χ0) is 13.8. The van der Waals surface area contributed by atoms with E-state index in [0.29, 0.717) is 5.92 Å². The van der Waals surface area contributed by atoms with Crippen LogP contribution in [0.4, 0.5) is 0 Å². The van der Waals surface area contributed by atoms with Crippen LogP contribution in [0.5, 0.6) is 5.75 Å². The number of ether oxygens (including phenoxy) is 1. The van der Waals surface area contributed by atoms with Crippen molar-refractivity contribution in [2.45, 2.75) is 17.4 Å². The lowest BCUT2D eigenvalue weighted by atomic mass is 10.0. The lowest BCUT2D eigenvalue weighted by molar-refractivity contribution is 0.294. The van der Waals surface area contributed by atoms with Crippen molar-refractivity contribution in [3.63, 3.8) is 0 Å². The second-order valence-corrected chi connectivity index (χ2v) is 6.06. The van der Waals surface area contributed by atoms with Gasteiger partial charge in [-0.05, 0) is 24.7 Å². The molecule has 0 amide bonds. The minimum absolute atomic E-state index is 0.499. The van der Waals surface area contributed by atoms with Crippen LogP contribution in [0.1, 0.15) is 17.0 Å². The SMILES string of the molecule is CNCc1ccccc1OCC1CSc2ccccc21. The Kier molecular flexibility index (Phi) is 4.28. The monoisotopic (exact) mass is 285 g/mol. The van der Waals surface area contributed by atoms with Gasteiger partial charge in [0.25, 0.3) is 0 Å². The Morgan fingerprint density at radius 3 is 2.85 bits per heavy atom. The number of rotatable bonds is 5. The highest BCUT2D eigenvalue weighted by molar-refractivity contribution is 7.99. The average Bonchev–Trinajstić information content (AvgIpc) is 2.90. The van der Waals surface area contributed by atoms with Crippen molar-refractivity contribution < 1.29 is 4.74 Å². The summed E-state index contributed by atoms with van der Waals surface area (Å²) in [5, 5.41) is 3.18. The fourth-order valence-electron chi connectivity index (χ4n) is 2.54. The topological polar surface area (TPSA) is 21.3 Å². The molecule has 3 rings (SSSR count). The summed E-state index contributed by atoms with van der Waals surface area (Å²) >= 11 is 1.93. The summed E-state index contributed by atoms with van der Waals surface area (Å²) in [6.45, 7) is 1.59. The number of para-hydroxylation sites is 1. The first-order valence-corrected chi connectivity index (χ1v) is 7.94. The van der Waals surface area contributed by atoms with Gasteiger partial charge in [0.15, 0.2) is 0 Å². The summed E-state index contributed by atoms with van der Waals surface area (Å²) in [7, 11) is 1.96. The molecule has 1 N–H and O–H groups in total. The molecule has 1 aliphatic heterocycles. The summed E-state index contributed by atoms with van der Waals surface area (Å²) in [5.41, 5.74) is 2.65. The molecule has 0 saturated heterocycles. The zero-order valence-electron chi connectivity index (χ0n) is 11.6. The number of nitrogens with one attached hydrogen (secondary N) is 1. The van der Waals surface area contributed by atoms with Gasteiger partial charge >= 0.3 is 0 Å². The Bertz CT molecular complexity index is 585. The highest BCUT2D eigenvalue weighted by atomic mass is 32.2. The molecule has 0 spiro atoms. The first-order valence-electron chi connectivity index (χ1n) is 6.95. The number of hydrogen-bond acceptors (Lipinski definition) is 3. The van der Waals surface area contributed by atoms with E-state index in [4.69, 9.17) is 4.74 Å². The molecule has 104 valence electrons. The first-order chi connectivity index (χ1) is 9.88. The largest absolute Gasteiger partial charge is 0.493 e. The highest BCUT2D eigenvalue weighted by Gasteiger charge is 2.23. The Labute approximate surface area is 124 Å². The number of hydrogen-bond donors (Lipinski definition) is 1. The van der Waals surface area contributed by atoms with Crippen LogP contribution in [0.15, 0.2) is 53.4 Å². The maximum atomic E-state index is 6.08. The lowest BCUT2D eigenvalue weighted by Gasteiger charge is -2.15. The van der Waals surface area contributed by atoms with E-state index < -0.39 is 0 Å². The normalized spacial score (nSPS) is 16.9. The van der Waals surface area contributed by atoms with Crippen LogP contribution >= 0.6 is 11.8 Å². The summed E-state index contributed by atoms with van der Waals surface area (Å²) in [6.07, 6.45) is 0. The second kappa shape index (κ2) is 6.33. The third-order valence-electron chi connectivity index (χ3n) is 3.58. The third-order valence-corrected chi connectivity index (χ3v) is 4.83. The van der Waals surface area contributed by atoms with E-state index >= 15 is 0 Å². The molecule has 0 fully saturated rings. The maximum Gasteiger partial charge on any atom is 0.123 e. The van der Waals surface area contributed by atoms with Crippen LogP contribution in [0.25, 0.3) is 0 Å². The van der Waals surface area contributed by atoms with Crippen molar-refractivity contribution in [1.29, 1.82) is 0 Å². The van der Waals surface area contributed by atoms with Gasteiger partial charge in [-0.2, -0.15) is 0 Å². The molecular formula is C17H19NOS. The van der Waals surface area contributed by atoms with Crippen LogP contribution < -0.4 is 10.1 Å². The molecule has 1 atom stereocenters. The Hall–Kier alpha value is -1.45. The number of fused-ring (bicyclic) bond motifs is 1. The van der Waals surface area contributed by atoms with E-state index in [0.717, 1.165) is 24.7 Å². The molecule has 20 heavy (non-hydrogen) atoms. The molecule has 0 saturated carbocycles. The molecule has 2 aromatic carbocycles. The van der Waals surface area contributed by atoms with E-state index in [2.05, 4.69) is 47.8 Å². The Morgan fingerprint density at radius 1 is 1.15 bits per heavy atom. The van der Waals surface area contributed by atoms with Crippen molar-refractivity contribution >= 4 is 11.8 Å². The minimum atomic E-state index is 0.499. The summed E-state index contributed by atoms with van der Waals surface area (Å²) in [4.78, 5) is 1.41. The van der Waals surface area contributed by atoms with Gasteiger partial charge in [-0.1, -0.05) is 36.4 Å². The average molecular weight is 285 g/mol. The molecule has 0 bridgehead atoms. The van der Waals surface area contributed by atoms with Crippen LogP contribution in [-0.4, -0.2) is 19.4 Å². The highest BCUT2D eigenvalue weighted by Crippen LogP contribution is 2.39. The predicted octanol–water partition coefficient (Wildman–Crippen LogP) is 3.67. The van der Waals surface area contributed by atoms with Crippen molar-refractivity contribution in [3.8, 4) is 5.75 Å². The quantitative estimate of drug-likeness (QED) is 0.905. The summed E-state index contributed by atoms with van der Waals surface area (Å²) in [6, 6.07) is 16.9. The van der Waals surface area contributed by atoms with Crippen molar-refractivity contribution in [3.05, 3.63) is 59.7 Å². The van der Waals surface area contributed by atoms with Gasteiger partial charge in [0.05, 0.1) is 6.61 Å². The van der Waals surface area contributed by atoms with Crippen LogP contribution in [-0.2, 0) is 6.54 Å². The summed E-state index contributed by atoms with van der Waals surface area (Å²) < 4.78 is 6.08. The Morgan fingerprint density at radius 2 is 1.95 bits per heavy atom. The molecule has 2 nitrogen and oxygen atoms in total. The molecule has 0 aliphatic carbocycles. The van der Waals surface area contributed by atoms with Crippen LogP contribution in [0, 0.1) is 0 Å². The van der Waals surface area contributed by atoms with E-state index in [1.807, 2.05) is 24.9 Å². The van der Waals surface area contributed by atoms with Gasteiger partial charge in [0, 0.05) is 28.7 Å².